The second-order valence-electron chi connectivity index (χ2n) is 20.7. The minimum atomic E-state index is -8.98. The van der Waals surface area contributed by atoms with Gasteiger partial charge in [0.1, 0.15) is 0 Å². The van der Waals surface area contributed by atoms with Crippen LogP contribution in [0.2, 0.25) is 0 Å². The lowest BCUT2D eigenvalue weighted by Gasteiger charge is -2.37. The number of amides is 2. The highest BCUT2D eigenvalue weighted by Gasteiger charge is 2.84. The summed E-state index contributed by atoms with van der Waals surface area (Å²) in [5.41, 5.74) is 0. The number of aliphatic hydroxyl groups excluding tert-OH is 1. The molecule has 0 radical (unpaired) electrons. The number of unbranched alkanes of at least 4 members (excludes halogenated alkanes) is 9. The maximum absolute atomic E-state index is 14.0. The molecule has 0 aliphatic heterocycles. The Labute approximate surface area is 612 Å². The molecule has 76 heteroatoms. The van der Waals surface area contributed by atoms with Crippen LogP contribution in [-0.2, 0) is 90.1 Å². The number of carbonyl (C=O) groups excluding carboxylic acids is 2. The predicted octanol–water partition coefficient (Wildman–Crippen LogP) is 18.1. The fourth-order valence-electron chi connectivity index (χ4n) is 6.07. The van der Waals surface area contributed by atoms with E-state index in [0.29, 0.717) is 19.3 Å². The van der Waals surface area contributed by atoms with Gasteiger partial charge in [0.15, 0.2) is 0 Å². The maximum atomic E-state index is 14.0. The summed E-state index contributed by atoms with van der Waals surface area (Å²) in [6.07, 6.45) is -217. The van der Waals surface area contributed by atoms with Gasteiger partial charge in [-0.2, -0.15) is 176 Å². The van der Waals surface area contributed by atoms with Gasteiger partial charge in [-0.1, -0.05) is 64.7 Å². The molecule has 0 aromatic rings. The summed E-state index contributed by atoms with van der Waals surface area (Å²) >= 11 is 0. The Morgan fingerprint density at radius 2 is 0.336 bits per heavy atom. The molecule has 0 spiro atoms. The lowest BCUT2D eigenvalue weighted by atomic mass is 10.1. The van der Waals surface area contributed by atoms with Gasteiger partial charge in [-0.15, -0.1) is 61.5 Å². The number of hydrogen-bond acceptors (Lipinski definition) is 20. The van der Waals surface area contributed by atoms with Crippen LogP contribution < -0.4 is 10.6 Å². The van der Waals surface area contributed by atoms with E-state index in [1.54, 1.807) is 9.47 Å². The van der Waals surface area contributed by atoms with Crippen LogP contribution in [-0.4, -0.2) is 203 Å². The number of rotatable bonds is 58. The van der Waals surface area contributed by atoms with E-state index in [4.69, 9.17) is 5.11 Å². The van der Waals surface area contributed by atoms with Crippen LogP contribution in [0.3, 0.4) is 0 Å². The summed E-state index contributed by atoms with van der Waals surface area (Å²) in [5, 5.41) is 10.1. The number of aliphatic hydroxyl groups is 1. The van der Waals surface area contributed by atoms with Gasteiger partial charge in [-0.3, -0.25) is 9.59 Å². The van der Waals surface area contributed by atoms with Gasteiger partial charge in [-0.05, 0) is 6.42 Å². The van der Waals surface area contributed by atoms with Crippen LogP contribution in [0.4, 0.5) is 237 Å². The summed E-state index contributed by atoms with van der Waals surface area (Å²) in [6, 6.07) is 0. The molecule has 0 aliphatic rings. The van der Waals surface area contributed by atoms with Gasteiger partial charge >= 0.3 is 178 Å². The van der Waals surface area contributed by atoms with Crippen LogP contribution in [0.1, 0.15) is 71.1 Å². The molecular formula is C43H32F54N2O20. The lowest BCUT2D eigenvalue weighted by Crippen LogP contribution is -2.63. The summed E-state index contributed by atoms with van der Waals surface area (Å²) in [7, 11) is 0. The fourth-order valence-corrected chi connectivity index (χ4v) is 6.07. The van der Waals surface area contributed by atoms with Crippen molar-refractivity contribution in [1.82, 2.24) is 10.6 Å². The van der Waals surface area contributed by atoms with Crippen LogP contribution in [0.25, 0.3) is 0 Å². The number of nitrogens with one attached hydrogen (secondary N) is 2. The van der Waals surface area contributed by atoms with E-state index in [2.05, 4.69) is 4.74 Å². The molecule has 0 saturated carbocycles. The quantitative estimate of drug-likeness (QED) is 0.0292. The zero-order valence-corrected chi connectivity index (χ0v) is 54.3. The molecule has 0 aromatic carbocycles. The van der Waals surface area contributed by atoms with Crippen LogP contribution >= 0.6 is 0 Å². The topological polar surface area (TPSA) is 235 Å². The number of alkyl halides is 54. The van der Waals surface area contributed by atoms with Crippen molar-refractivity contribution in [2.75, 3.05) is 19.7 Å². The van der Waals surface area contributed by atoms with Crippen molar-refractivity contribution in [3.63, 3.8) is 0 Å². The molecule has 0 fully saturated rings. The first-order chi connectivity index (χ1) is 51.7. The SMILES string of the molecule is CCCCCCCCCCCCNC(=O)C(F)(F)OC(F)(F)C(F)(F)OC(F)(F)C(F)(F)OC(F)(F)C(F)(F)OC(F)(F)C(F)(F)OC(F)(F)C(F)(F)OC(F)(F)C(F)(F)OC(F)(F)C(F)(F)OC(F)(F)C(F)(F)OC(F)(F)C(F)(F)OC(F)(F)OC(F)(F)OC(F)(F)OC(F)(F)OC(F)(F)OC(F)(F)OC(F)(F)OC(F)(F)C(=O)NCCO. The van der Waals surface area contributed by atoms with E-state index >= 15 is 0 Å². The van der Waals surface area contributed by atoms with Crippen molar-refractivity contribution in [3.8, 4) is 0 Å². The van der Waals surface area contributed by atoms with Crippen molar-refractivity contribution in [2.24, 2.45) is 0 Å². The first-order valence-electron chi connectivity index (χ1n) is 28.0. The molecule has 0 saturated heterocycles. The Bertz CT molecular complexity index is 3240. The van der Waals surface area contributed by atoms with Gasteiger partial charge in [0.05, 0.1) is 6.61 Å². The molecule has 0 aliphatic carbocycles. The number of hydrogen-bond donors (Lipinski definition) is 3. The van der Waals surface area contributed by atoms with Crippen LogP contribution in [0.15, 0.2) is 0 Å². The van der Waals surface area contributed by atoms with Gasteiger partial charge in [0, 0.05) is 13.1 Å². The van der Waals surface area contributed by atoms with E-state index in [0.717, 1.165) is 74.2 Å². The maximum Gasteiger partial charge on any atom is 0.498 e. The standard InChI is InChI=1S/C43H32F54N2O20/c1-2-3-4-5-6-7-8-9-10-11-12-98-15(101)17(44,45)103-19(48,49)20(50,51)105-21(52,53)22(54,55)106-23(56,57)24(58,59)107-25(60,61)26(62,63)108-27(64,65)28(66,67)109-29(68,69)30(70,71)110-31(72,73)32(74,75)111-33(76,77)34(78,79)112-35(80,81)36(82,83)113-38(86,87)115-40(90,91)117-42(94,95)119-43(96,97)118-41(92,93)116-39(88,89)114-37(84,85)104-18(46,47)16(102)99-13-14-100/h100H,2-14H2,1H3,(H,98,101)(H,99,102). The molecule has 0 heterocycles. The molecule has 0 aromatic heterocycles. The Kier molecular flexibility index (Phi) is 35.2. The number of carbonyl (C=O) groups is 2. The highest BCUT2D eigenvalue weighted by atomic mass is 19.4. The molecular weight excluding hydrogens is 1890 g/mol. The average Bonchev–Trinajstić information content (AvgIpc) is 0.744. The monoisotopic (exact) mass is 1920 g/mol. The van der Waals surface area contributed by atoms with Gasteiger partial charge in [0.2, 0.25) is 0 Å². The van der Waals surface area contributed by atoms with Gasteiger partial charge in [0.25, 0.3) is 0 Å². The zero-order valence-electron chi connectivity index (χ0n) is 54.3. The molecule has 712 valence electrons. The second-order valence-corrected chi connectivity index (χ2v) is 20.7. The van der Waals surface area contributed by atoms with Crippen molar-refractivity contribution in [3.05, 3.63) is 0 Å². The molecule has 0 atom stereocenters. The van der Waals surface area contributed by atoms with Crippen LogP contribution in [0, 0.1) is 0 Å². The van der Waals surface area contributed by atoms with Gasteiger partial charge < -0.3 is 15.7 Å². The second kappa shape index (κ2) is 36.9. The number of halogens is 54. The highest BCUT2D eigenvalue weighted by molar-refractivity contribution is 5.82. The molecule has 2 amide bonds. The molecule has 119 heavy (non-hydrogen) atoms. The van der Waals surface area contributed by atoms with E-state index in [1.807, 2.05) is 11.7 Å². The average molecular weight is 1920 g/mol. The third-order valence-corrected chi connectivity index (χ3v) is 11.0. The minimum absolute atomic E-state index is 0.0367. The first kappa shape index (κ1) is 113. The largest absolute Gasteiger partial charge is 0.498 e. The van der Waals surface area contributed by atoms with Crippen molar-refractivity contribution < 1.29 is 332 Å². The minimum Gasteiger partial charge on any atom is -0.395 e. The third-order valence-electron chi connectivity index (χ3n) is 11.0. The normalized spacial score (nSPS) is 15.8. The van der Waals surface area contributed by atoms with Crippen LogP contribution in [0.5, 0.6) is 0 Å². The van der Waals surface area contributed by atoms with E-state index in [9.17, 15) is 247 Å². The lowest BCUT2D eigenvalue weighted by molar-refractivity contribution is -0.647. The Balaban J connectivity index is 6.46. The van der Waals surface area contributed by atoms with E-state index in [-0.39, 0.29) is 19.3 Å². The van der Waals surface area contributed by atoms with Crippen molar-refractivity contribution in [2.45, 2.75) is 237 Å². The van der Waals surface area contributed by atoms with Gasteiger partial charge in [-0.25, -0.2) is 80.5 Å². The summed E-state index contributed by atoms with van der Waals surface area (Å²) in [6.45, 7) is -1.74. The summed E-state index contributed by atoms with van der Waals surface area (Å²) in [4.78, 5) is 22.5. The smallest absolute Gasteiger partial charge is 0.395 e. The van der Waals surface area contributed by atoms with Crippen molar-refractivity contribution >= 4 is 11.8 Å². The molecule has 0 rings (SSSR count). The van der Waals surface area contributed by atoms with E-state index in [1.165, 1.54) is 23.7 Å². The molecule has 0 bridgehead atoms. The summed E-state index contributed by atoms with van der Waals surface area (Å²) in [5.74, 6) is -6.37. The zero-order chi connectivity index (χ0) is 95.3. The summed E-state index contributed by atoms with van der Waals surface area (Å²) < 4.78 is 768. The molecule has 22 nitrogen and oxygen atoms in total. The Hall–Kier alpha value is -5.56. The number of ether oxygens (including phenoxy) is 17. The fraction of sp³-hybridized carbons (Fsp3) is 0.953. The molecule has 0 unspecified atom stereocenters. The third kappa shape index (κ3) is 32.2. The Morgan fingerprint density at radius 1 is 0.193 bits per heavy atom. The van der Waals surface area contributed by atoms with Crippen molar-refractivity contribution in [1.29, 1.82) is 0 Å². The highest BCUT2D eigenvalue weighted by Crippen LogP contribution is 2.58. The Morgan fingerprint density at radius 3 is 0.529 bits per heavy atom. The predicted molar refractivity (Wildman–Crippen MR) is 237 cm³/mol. The molecule has 3 N–H and O–H groups in total. The first-order valence-corrected chi connectivity index (χ1v) is 28.0. The van der Waals surface area contributed by atoms with E-state index < -0.39 is 198 Å².